The number of benzene rings is 3. The number of aromatic nitrogens is 2. The molecule has 2 N–H and O–H groups in total. The van der Waals surface area contributed by atoms with Crippen LogP contribution in [0.25, 0.3) is 10.9 Å². The number of phenolic OH excluding ortho intramolecular Hbond substituents is 1. The fourth-order valence-corrected chi connectivity index (χ4v) is 6.37. The highest BCUT2D eigenvalue weighted by molar-refractivity contribution is 5.92. The fraction of sp³-hybridized carbons (Fsp3) is 0.353. The molecule has 3 aromatic carbocycles. The molecule has 0 spiro atoms. The van der Waals surface area contributed by atoms with Crippen LogP contribution >= 0.6 is 0 Å². The van der Waals surface area contributed by atoms with Gasteiger partial charge in [0.15, 0.2) is 0 Å². The van der Waals surface area contributed by atoms with Gasteiger partial charge in [0.1, 0.15) is 18.0 Å². The highest BCUT2D eigenvalue weighted by Gasteiger charge is 2.50. The van der Waals surface area contributed by atoms with Gasteiger partial charge in [-0.2, -0.15) is 5.10 Å². The first-order valence-electron chi connectivity index (χ1n) is 15.5. The SMILES string of the molecule is CN(C)CCn1ncc2cccc(CN3C[C@H]4N(C(=O)CN(C)N4C(=O)NCc4ccccc4)[C@@H](Cc4ccc(O)cc4)C3=O)c21. The molecule has 12 nitrogen and oxygen atoms in total. The van der Waals surface area contributed by atoms with Crippen LogP contribution in [0.15, 0.2) is 79.0 Å². The quantitative estimate of drug-likeness (QED) is 0.294. The third-order valence-electron chi connectivity index (χ3n) is 8.66. The molecule has 0 aliphatic carbocycles. The van der Waals surface area contributed by atoms with E-state index in [1.807, 2.05) is 73.5 Å². The second-order valence-electron chi connectivity index (χ2n) is 12.2. The number of para-hydroxylation sites is 1. The Bertz CT molecular complexity index is 1710. The fourth-order valence-electron chi connectivity index (χ4n) is 6.37. The van der Waals surface area contributed by atoms with Gasteiger partial charge in [0.05, 0.1) is 31.3 Å². The van der Waals surface area contributed by atoms with Crippen molar-refractivity contribution < 1.29 is 19.5 Å². The van der Waals surface area contributed by atoms with Gasteiger partial charge in [-0.05, 0) is 42.9 Å². The number of urea groups is 1. The van der Waals surface area contributed by atoms with Gasteiger partial charge >= 0.3 is 6.03 Å². The molecule has 6 rings (SSSR count). The number of hydrogen-bond donors (Lipinski definition) is 2. The van der Waals surface area contributed by atoms with Crippen LogP contribution in [0.1, 0.15) is 16.7 Å². The van der Waals surface area contributed by atoms with E-state index in [1.54, 1.807) is 51.1 Å². The monoisotopic (exact) mass is 624 g/mol. The van der Waals surface area contributed by atoms with Gasteiger partial charge < -0.3 is 25.1 Å². The van der Waals surface area contributed by atoms with Crippen molar-refractivity contribution in [3.8, 4) is 5.75 Å². The van der Waals surface area contributed by atoms with Crippen molar-refractivity contribution in [2.45, 2.75) is 38.3 Å². The normalized spacial score (nSPS) is 18.8. The van der Waals surface area contributed by atoms with Gasteiger partial charge in [-0.15, -0.1) is 0 Å². The summed E-state index contributed by atoms with van der Waals surface area (Å²) >= 11 is 0. The predicted molar refractivity (Wildman–Crippen MR) is 173 cm³/mol. The lowest BCUT2D eigenvalue weighted by atomic mass is 9.98. The molecule has 4 aromatic rings. The summed E-state index contributed by atoms with van der Waals surface area (Å²) in [5, 5.41) is 21.7. The zero-order valence-corrected chi connectivity index (χ0v) is 26.4. The topological polar surface area (TPSA) is 117 Å². The van der Waals surface area contributed by atoms with E-state index < -0.39 is 12.2 Å². The van der Waals surface area contributed by atoms with E-state index in [2.05, 4.69) is 15.3 Å². The van der Waals surface area contributed by atoms with E-state index in [0.29, 0.717) is 13.1 Å². The van der Waals surface area contributed by atoms with Crippen LogP contribution in [0.5, 0.6) is 5.75 Å². The third-order valence-corrected chi connectivity index (χ3v) is 8.66. The molecule has 4 amide bonds. The first kappa shape index (κ1) is 31.1. The van der Waals surface area contributed by atoms with Gasteiger partial charge in [0.2, 0.25) is 11.8 Å². The molecule has 2 fully saturated rings. The van der Waals surface area contributed by atoms with Crippen LogP contribution in [0, 0.1) is 0 Å². The molecule has 12 heteroatoms. The summed E-state index contributed by atoms with van der Waals surface area (Å²) in [5.41, 5.74) is 3.65. The minimum Gasteiger partial charge on any atom is -0.508 e. The summed E-state index contributed by atoms with van der Waals surface area (Å²) in [5.74, 6) is -0.294. The zero-order valence-electron chi connectivity index (χ0n) is 26.4. The molecule has 0 bridgehead atoms. The van der Waals surface area contributed by atoms with Crippen LogP contribution in [0.2, 0.25) is 0 Å². The largest absolute Gasteiger partial charge is 0.508 e. The van der Waals surface area contributed by atoms with E-state index in [9.17, 15) is 19.5 Å². The molecule has 1 aromatic heterocycles. The molecular weight excluding hydrogens is 584 g/mol. The molecule has 2 aliphatic rings. The number of rotatable bonds is 9. The van der Waals surface area contributed by atoms with Crippen molar-refractivity contribution in [1.29, 1.82) is 0 Å². The number of fused-ring (bicyclic) bond motifs is 2. The van der Waals surface area contributed by atoms with Crippen LogP contribution in [-0.2, 0) is 35.6 Å². The smallest absolute Gasteiger partial charge is 0.334 e. The maximum Gasteiger partial charge on any atom is 0.334 e. The average molecular weight is 625 g/mol. The number of nitrogens with one attached hydrogen (secondary N) is 1. The maximum absolute atomic E-state index is 14.4. The Hall–Kier alpha value is -4.94. The van der Waals surface area contributed by atoms with Crippen molar-refractivity contribution in [3.63, 3.8) is 0 Å². The molecule has 240 valence electrons. The number of piperazine rings is 1. The number of carbonyl (C=O) groups is 3. The number of hydrazine groups is 1. The standard InChI is InChI=1S/C34H40N8O4/c1-37(2)16-17-40-32-26(20-36-40)10-7-11-27(32)21-39-22-30-41(29(33(39)45)18-24-12-14-28(43)15-13-24)31(44)23-38(3)42(30)34(46)35-19-25-8-5-4-6-9-25/h4-15,20,29-30,43H,16-19,21-23H2,1-3H3,(H,35,46)/t29-,30-/m0/s1. The Labute approximate surface area is 268 Å². The molecule has 2 aliphatic heterocycles. The number of carbonyl (C=O) groups excluding carboxylic acids is 3. The zero-order chi connectivity index (χ0) is 32.4. The van der Waals surface area contributed by atoms with Crippen molar-refractivity contribution >= 4 is 28.7 Å². The van der Waals surface area contributed by atoms with Gasteiger partial charge in [-0.25, -0.2) is 14.8 Å². The Balaban J connectivity index is 1.34. The van der Waals surface area contributed by atoms with Crippen molar-refractivity contribution in [2.75, 3.05) is 40.8 Å². The Morgan fingerprint density at radius 1 is 1.00 bits per heavy atom. The Kier molecular flexibility index (Phi) is 8.91. The van der Waals surface area contributed by atoms with Crippen LogP contribution in [-0.4, -0.2) is 110 Å². The van der Waals surface area contributed by atoms with Crippen molar-refractivity contribution in [3.05, 3.63) is 95.7 Å². The second-order valence-corrected chi connectivity index (χ2v) is 12.2. The molecule has 2 saturated heterocycles. The number of hydrogen-bond acceptors (Lipinski definition) is 7. The summed E-state index contributed by atoms with van der Waals surface area (Å²) in [6, 6.07) is 21.1. The first-order valence-corrected chi connectivity index (χ1v) is 15.5. The average Bonchev–Trinajstić information content (AvgIpc) is 3.46. The molecule has 0 unspecified atom stereocenters. The molecule has 46 heavy (non-hydrogen) atoms. The van der Waals surface area contributed by atoms with Gasteiger partial charge in [-0.3, -0.25) is 14.3 Å². The van der Waals surface area contributed by atoms with E-state index in [4.69, 9.17) is 0 Å². The maximum atomic E-state index is 14.4. The number of aromatic hydroxyl groups is 1. The number of likely N-dealkylation sites (N-methyl/N-ethyl adjacent to an activating group) is 2. The van der Waals surface area contributed by atoms with E-state index in [1.165, 1.54) is 0 Å². The number of nitrogens with zero attached hydrogens (tertiary/aromatic N) is 7. The molecule has 0 radical (unpaired) electrons. The minimum absolute atomic E-state index is 0.0427. The second kappa shape index (κ2) is 13.2. The van der Waals surface area contributed by atoms with E-state index >= 15 is 0 Å². The molecule has 3 heterocycles. The lowest BCUT2D eigenvalue weighted by molar-refractivity contribution is -0.187. The first-order chi connectivity index (χ1) is 22.2. The number of amides is 4. The summed E-state index contributed by atoms with van der Waals surface area (Å²) < 4.78 is 1.97. The van der Waals surface area contributed by atoms with Crippen molar-refractivity contribution in [2.24, 2.45) is 0 Å². The van der Waals surface area contributed by atoms with Gasteiger partial charge in [-0.1, -0.05) is 60.7 Å². The molecule has 2 atom stereocenters. The van der Waals surface area contributed by atoms with Crippen LogP contribution < -0.4 is 5.32 Å². The van der Waals surface area contributed by atoms with Crippen LogP contribution in [0.4, 0.5) is 4.79 Å². The molecule has 0 saturated carbocycles. The highest BCUT2D eigenvalue weighted by Crippen LogP contribution is 2.30. The lowest BCUT2D eigenvalue weighted by Crippen LogP contribution is -2.76. The summed E-state index contributed by atoms with van der Waals surface area (Å²) in [6.07, 6.45) is 1.36. The summed E-state index contributed by atoms with van der Waals surface area (Å²) in [7, 11) is 5.75. The minimum atomic E-state index is -0.841. The molecular formula is C34H40N8O4. The summed E-state index contributed by atoms with van der Waals surface area (Å²) in [4.78, 5) is 47.3. The van der Waals surface area contributed by atoms with Crippen LogP contribution in [0.3, 0.4) is 0 Å². The van der Waals surface area contributed by atoms with Gasteiger partial charge in [0.25, 0.3) is 0 Å². The predicted octanol–water partition coefficient (Wildman–Crippen LogP) is 2.48. The Morgan fingerprint density at radius 3 is 2.50 bits per heavy atom. The highest BCUT2D eigenvalue weighted by atomic mass is 16.3. The van der Waals surface area contributed by atoms with E-state index in [-0.39, 0.29) is 49.7 Å². The lowest BCUT2D eigenvalue weighted by Gasteiger charge is -2.54. The summed E-state index contributed by atoms with van der Waals surface area (Å²) in [6.45, 7) is 2.21. The van der Waals surface area contributed by atoms with E-state index in [0.717, 1.165) is 34.1 Å². The number of phenols is 1. The third kappa shape index (κ3) is 6.40. The Morgan fingerprint density at radius 2 is 1.76 bits per heavy atom. The van der Waals surface area contributed by atoms with Gasteiger partial charge in [0, 0.05) is 38.5 Å². The van der Waals surface area contributed by atoms with Crippen molar-refractivity contribution in [1.82, 2.24) is 39.8 Å².